The predicted octanol–water partition coefficient (Wildman–Crippen LogP) is 14.2. The summed E-state index contributed by atoms with van der Waals surface area (Å²) in [6.07, 6.45) is 0. The zero-order valence-electron chi connectivity index (χ0n) is 36.5. The Hall–Kier alpha value is -9.20. The van der Waals surface area contributed by atoms with E-state index >= 15 is 0 Å². The van der Waals surface area contributed by atoms with E-state index in [1.165, 1.54) is 11.1 Å². The molecule has 9 aromatic carbocycles. The van der Waals surface area contributed by atoms with Gasteiger partial charge in [-0.05, 0) is 57.6 Å². The molecule has 0 bridgehead atoms. The molecule has 1 aliphatic heterocycles. The monoisotopic (exact) mass is 870 g/mol. The molecule has 11 aromatic rings. The molecule has 7 heteroatoms. The first-order valence-electron chi connectivity index (χ1n) is 22.7. The Morgan fingerprint density at radius 1 is 0.235 bits per heavy atom. The van der Waals surface area contributed by atoms with Crippen molar-refractivity contribution in [3.8, 4) is 102 Å². The van der Waals surface area contributed by atoms with E-state index in [2.05, 4.69) is 97.1 Å². The molecule has 0 saturated carbocycles. The second-order valence-electron chi connectivity index (χ2n) is 17.0. The van der Waals surface area contributed by atoms with Gasteiger partial charge in [-0.15, -0.1) is 0 Å². The molecule has 1 aliphatic carbocycles. The van der Waals surface area contributed by atoms with Crippen LogP contribution >= 0.6 is 0 Å². The lowest BCUT2D eigenvalue weighted by Crippen LogP contribution is -2.32. The van der Waals surface area contributed by atoms with Gasteiger partial charge in [-0.2, -0.15) is 0 Å². The van der Waals surface area contributed by atoms with Crippen molar-refractivity contribution >= 4 is 0 Å². The lowest BCUT2D eigenvalue weighted by Gasteiger charge is -2.39. The molecule has 7 nitrogen and oxygen atoms in total. The van der Waals surface area contributed by atoms with Gasteiger partial charge in [0.2, 0.25) is 0 Å². The molecule has 2 aromatic heterocycles. The van der Waals surface area contributed by atoms with Crippen LogP contribution in [0.4, 0.5) is 0 Å². The SMILES string of the molecule is c1ccc(-c2nc(-c3ccccc3)nc(-c3ccc(-c4ccc5c(c4)C4(c6ccccc6Oc6ccccc64)c4ccc(-c6nc(-c7ccccc7)nc(-c7ccccc7)n6)cc4-5)cc3)n2)cc1. The summed E-state index contributed by atoms with van der Waals surface area (Å²) in [7, 11) is 0. The largest absolute Gasteiger partial charge is 0.457 e. The van der Waals surface area contributed by atoms with Crippen molar-refractivity contribution in [2.75, 3.05) is 0 Å². The Morgan fingerprint density at radius 2 is 0.588 bits per heavy atom. The van der Waals surface area contributed by atoms with Crippen LogP contribution < -0.4 is 4.74 Å². The van der Waals surface area contributed by atoms with Crippen LogP contribution in [0, 0.1) is 0 Å². The summed E-state index contributed by atoms with van der Waals surface area (Å²) in [4.78, 5) is 30.1. The van der Waals surface area contributed by atoms with Gasteiger partial charge in [0.25, 0.3) is 0 Å². The van der Waals surface area contributed by atoms with E-state index < -0.39 is 5.41 Å². The Balaban J connectivity index is 0.968. The highest BCUT2D eigenvalue weighted by Crippen LogP contribution is 2.62. The van der Waals surface area contributed by atoms with Crippen LogP contribution in [0.2, 0.25) is 0 Å². The van der Waals surface area contributed by atoms with Gasteiger partial charge in [-0.3, -0.25) is 0 Å². The van der Waals surface area contributed by atoms with Crippen molar-refractivity contribution in [1.82, 2.24) is 29.9 Å². The van der Waals surface area contributed by atoms with Gasteiger partial charge in [0.1, 0.15) is 11.5 Å². The molecule has 13 rings (SSSR count). The zero-order chi connectivity index (χ0) is 45.0. The van der Waals surface area contributed by atoms with Crippen LogP contribution in [0.5, 0.6) is 11.5 Å². The number of hydrogen-bond acceptors (Lipinski definition) is 7. The number of fused-ring (bicyclic) bond motifs is 9. The number of hydrogen-bond donors (Lipinski definition) is 0. The molecule has 1 spiro atoms. The van der Waals surface area contributed by atoms with Crippen molar-refractivity contribution in [2.45, 2.75) is 5.41 Å². The Morgan fingerprint density at radius 3 is 1.04 bits per heavy atom. The van der Waals surface area contributed by atoms with Crippen molar-refractivity contribution < 1.29 is 4.74 Å². The zero-order valence-corrected chi connectivity index (χ0v) is 36.5. The molecule has 318 valence electrons. The highest BCUT2D eigenvalue weighted by atomic mass is 16.5. The van der Waals surface area contributed by atoms with Crippen LogP contribution in [-0.2, 0) is 5.41 Å². The van der Waals surface area contributed by atoms with Crippen molar-refractivity contribution in [2.24, 2.45) is 0 Å². The fraction of sp³-hybridized carbons (Fsp3) is 0.0164. The van der Waals surface area contributed by atoms with Gasteiger partial charge in [0.15, 0.2) is 34.9 Å². The summed E-state index contributed by atoms with van der Waals surface area (Å²) in [5, 5.41) is 0. The fourth-order valence-corrected chi connectivity index (χ4v) is 9.91. The average Bonchev–Trinajstić information content (AvgIpc) is 3.70. The van der Waals surface area contributed by atoms with Crippen LogP contribution in [0.15, 0.2) is 231 Å². The lowest BCUT2D eigenvalue weighted by molar-refractivity contribution is 0.436. The van der Waals surface area contributed by atoms with E-state index in [0.29, 0.717) is 34.9 Å². The minimum atomic E-state index is -0.680. The van der Waals surface area contributed by atoms with Gasteiger partial charge >= 0.3 is 0 Å². The summed E-state index contributed by atoms with van der Waals surface area (Å²) < 4.78 is 6.70. The quantitative estimate of drug-likeness (QED) is 0.158. The molecule has 0 amide bonds. The third kappa shape index (κ3) is 6.51. The van der Waals surface area contributed by atoms with Crippen molar-refractivity contribution in [1.29, 1.82) is 0 Å². The molecule has 3 heterocycles. The molecule has 0 unspecified atom stereocenters. The first kappa shape index (κ1) is 39.2. The number of nitrogens with zero attached hydrogens (tertiary/aromatic N) is 6. The number of rotatable bonds is 7. The molecular weight excluding hydrogens is 833 g/mol. The van der Waals surface area contributed by atoms with E-state index in [-0.39, 0.29) is 0 Å². The van der Waals surface area contributed by atoms with E-state index in [0.717, 1.165) is 78.3 Å². The second kappa shape index (κ2) is 16.0. The summed E-state index contributed by atoms with van der Waals surface area (Å²) in [5.74, 6) is 5.40. The van der Waals surface area contributed by atoms with Gasteiger partial charge in [-0.1, -0.05) is 206 Å². The first-order chi connectivity index (χ1) is 33.7. The van der Waals surface area contributed by atoms with Crippen LogP contribution in [-0.4, -0.2) is 29.9 Å². The molecule has 0 atom stereocenters. The van der Waals surface area contributed by atoms with E-state index in [1.807, 2.05) is 133 Å². The topological polar surface area (TPSA) is 86.6 Å². The van der Waals surface area contributed by atoms with Gasteiger partial charge < -0.3 is 4.74 Å². The summed E-state index contributed by atoms with van der Waals surface area (Å²) in [5.41, 5.74) is 13.8. The normalized spacial score (nSPS) is 12.6. The summed E-state index contributed by atoms with van der Waals surface area (Å²) >= 11 is 0. The number of aromatic nitrogens is 6. The lowest BCUT2D eigenvalue weighted by atomic mass is 9.66. The number of para-hydroxylation sites is 2. The average molecular weight is 871 g/mol. The Kier molecular flexibility index (Phi) is 9.25. The van der Waals surface area contributed by atoms with Crippen LogP contribution in [0.25, 0.3) is 90.6 Å². The Labute approximate surface area is 393 Å². The summed E-state index contributed by atoms with van der Waals surface area (Å²) in [6, 6.07) is 79.4. The molecule has 2 aliphatic rings. The highest BCUT2D eigenvalue weighted by Gasteiger charge is 2.51. The second-order valence-corrected chi connectivity index (χ2v) is 17.0. The van der Waals surface area contributed by atoms with Crippen molar-refractivity contribution in [3.05, 3.63) is 253 Å². The standard InChI is InChI=1S/C61H38N6O/c1-5-17-40(18-6-1)55-62-56(41-19-7-2-8-20-41)65-59(64-55)44-31-29-39(30-32-44)45-33-35-47-48-37-46(60-66-57(42-21-9-3-10-22-42)63-58(67-60)43-23-11-4-12-24-43)34-36-49(48)61(52(47)38-45)50-25-13-15-27-53(50)68-54-28-16-14-26-51(54)61/h1-38H. The molecule has 0 N–H and O–H groups in total. The highest BCUT2D eigenvalue weighted by molar-refractivity contribution is 5.92. The summed E-state index contributed by atoms with van der Waals surface area (Å²) in [6.45, 7) is 0. The predicted molar refractivity (Wildman–Crippen MR) is 269 cm³/mol. The van der Waals surface area contributed by atoms with Gasteiger partial charge in [-0.25, -0.2) is 29.9 Å². The maximum absolute atomic E-state index is 6.70. The third-order valence-corrected chi connectivity index (χ3v) is 13.1. The maximum Gasteiger partial charge on any atom is 0.164 e. The van der Waals surface area contributed by atoms with Crippen LogP contribution in [0.1, 0.15) is 22.3 Å². The minimum Gasteiger partial charge on any atom is -0.457 e. The van der Waals surface area contributed by atoms with Gasteiger partial charge in [0.05, 0.1) is 5.41 Å². The maximum atomic E-state index is 6.70. The Bertz CT molecular complexity index is 3530. The fourth-order valence-electron chi connectivity index (χ4n) is 9.91. The molecule has 0 saturated heterocycles. The molecular formula is C61H38N6O. The first-order valence-corrected chi connectivity index (χ1v) is 22.7. The molecule has 68 heavy (non-hydrogen) atoms. The third-order valence-electron chi connectivity index (χ3n) is 13.1. The van der Waals surface area contributed by atoms with E-state index in [4.69, 9.17) is 34.6 Å². The van der Waals surface area contributed by atoms with E-state index in [1.54, 1.807) is 0 Å². The molecule has 0 radical (unpaired) electrons. The number of ether oxygens (including phenoxy) is 1. The number of benzene rings is 9. The van der Waals surface area contributed by atoms with Crippen LogP contribution in [0.3, 0.4) is 0 Å². The van der Waals surface area contributed by atoms with E-state index in [9.17, 15) is 0 Å². The molecule has 0 fully saturated rings. The van der Waals surface area contributed by atoms with Gasteiger partial charge in [0, 0.05) is 44.5 Å². The minimum absolute atomic E-state index is 0.609. The van der Waals surface area contributed by atoms with Crippen molar-refractivity contribution in [3.63, 3.8) is 0 Å². The smallest absolute Gasteiger partial charge is 0.164 e.